The van der Waals surface area contributed by atoms with Gasteiger partial charge in [0.05, 0.1) is 39.6 Å². The van der Waals surface area contributed by atoms with Gasteiger partial charge in [-0.2, -0.15) is 0 Å². The van der Waals surface area contributed by atoms with Crippen LogP contribution in [0.3, 0.4) is 0 Å². The van der Waals surface area contributed by atoms with Crippen molar-refractivity contribution in [2.24, 2.45) is 0 Å². The lowest BCUT2D eigenvalue weighted by atomic mass is 10.3. The van der Waals surface area contributed by atoms with Crippen LogP contribution in [0.25, 0.3) is 0 Å². The van der Waals surface area contributed by atoms with Crippen LogP contribution in [0.2, 0.25) is 0 Å². The Morgan fingerprint density at radius 1 is 0.571 bits per heavy atom. The van der Waals surface area contributed by atoms with Crippen molar-refractivity contribution in [2.45, 2.75) is 69.6 Å². The first-order chi connectivity index (χ1) is 20.4. The first kappa shape index (κ1) is 34.5. The van der Waals surface area contributed by atoms with E-state index in [1.165, 1.54) is 6.92 Å². The van der Waals surface area contributed by atoms with Crippen molar-refractivity contribution in [1.29, 1.82) is 0 Å². The Morgan fingerprint density at radius 2 is 0.881 bits per heavy atom. The van der Waals surface area contributed by atoms with E-state index in [2.05, 4.69) is 12.1 Å². The van der Waals surface area contributed by atoms with Gasteiger partial charge in [0.25, 0.3) is 9.79 Å². The van der Waals surface area contributed by atoms with Gasteiger partial charge < -0.3 is 38.3 Å². The molecular weight excluding hydrogens is 556 g/mol. The van der Waals surface area contributed by atoms with Crippen molar-refractivity contribution >= 4 is 16.9 Å². The van der Waals surface area contributed by atoms with Gasteiger partial charge in [-0.1, -0.05) is 25.1 Å². The van der Waals surface area contributed by atoms with Gasteiger partial charge in [0.1, 0.15) is 22.4 Å². The Hall–Kier alpha value is -3.72. The Labute approximate surface area is 253 Å². The number of carbonyl (C=O) groups is 1. The predicted octanol–water partition coefficient (Wildman–Crippen LogP) is 6.32. The third kappa shape index (κ3) is 9.69. The molecule has 0 aromatic heterocycles. The minimum atomic E-state index is -0.995. The molecule has 0 fully saturated rings. The van der Waals surface area contributed by atoms with Gasteiger partial charge in [0.2, 0.25) is 0 Å². The molecule has 0 saturated carbocycles. The van der Waals surface area contributed by atoms with E-state index >= 15 is 0 Å². The molecule has 0 N–H and O–H groups in total. The average Bonchev–Trinajstić information content (AvgIpc) is 2.97. The van der Waals surface area contributed by atoms with Gasteiger partial charge in [-0.25, -0.2) is 0 Å². The molecule has 0 aliphatic heterocycles. The first-order valence-corrected chi connectivity index (χ1v) is 15.7. The molecule has 0 bridgehead atoms. The lowest BCUT2D eigenvalue weighted by Crippen LogP contribution is -2.19. The number of ether oxygens (including phenoxy) is 6. The topological polar surface area (TPSA) is 95.5 Å². The lowest BCUT2D eigenvalue weighted by Gasteiger charge is -2.21. The Balaban J connectivity index is 0.00000113. The normalized spacial score (nSPS) is 10.4. The number of carbonyl (C=O) groups excluding carboxylic acids is 1. The van der Waals surface area contributed by atoms with Crippen LogP contribution in [0.15, 0.2) is 69.3 Å². The molecule has 0 radical (unpaired) electrons. The van der Waals surface area contributed by atoms with Crippen LogP contribution in [0.1, 0.15) is 54.9 Å². The fraction of sp³-hybridized carbons (Fsp3) is 0.424. The SMILES string of the molecule is CCC(=O)[O-].CCOc1cc(OCC)c([S+](c2ccccc2)c2c(OCC)cc(OCC)cc2OCC)c(OCC)c1. The number of carboxylic acid groups (broad SMARTS) is 1. The molecule has 0 aliphatic rings. The maximum Gasteiger partial charge on any atom is 0.250 e. The second-order valence-corrected chi connectivity index (χ2v) is 10.3. The van der Waals surface area contributed by atoms with E-state index in [0.717, 1.165) is 14.7 Å². The summed E-state index contributed by atoms with van der Waals surface area (Å²) in [6, 6.07) is 18.1. The first-order valence-electron chi connectivity index (χ1n) is 14.5. The summed E-state index contributed by atoms with van der Waals surface area (Å²) in [5, 5.41) is 9.26. The van der Waals surface area contributed by atoms with Gasteiger partial charge in [-0.15, -0.1) is 0 Å². The second kappa shape index (κ2) is 18.7. The highest BCUT2D eigenvalue weighted by atomic mass is 32.2. The van der Waals surface area contributed by atoms with E-state index in [0.29, 0.717) is 74.1 Å². The summed E-state index contributed by atoms with van der Waals surface area (Å²) in [5.74, 6) is 3.26. The molecule has 42 heavy (non-hydrogen) atoms. The molecular formula is C33H44O8S. The molecule has 0 atom stereocenters. The smallest absolute Gasteiger partial charge is 0.250 e. The Kier molecular flexibility index (Phi) is 15.3. The average molecular weight is 601 g/mol. The van der Waals surface area contributed by atoms with Crippen LogP contribution in [0.4, 0.5) is 0 Å². The Morgan fingerprint density at radius 3 is 1.14 bits per heavy atom. The number of hydrogen-bond donors (Lipinski definition) is 0. The molecule has 0 aliphatic carbocycles. The standard InChI is InChI=1S/C30H39O6S.C3H6O2/c1-7-31-22-18-25(33-9-3)29(26(19-22)34-10-4)37(24-16-14-13-15-17-24)30-27(35-11-5)20-23(32-8-2)21-28(30)36-12-6;1-2-3(4)5/h13-21H,7-12H2,1-6H3;2H2,1H3,(H,4,5)/q+1;/p-1. The minimum absolute atomic E-state index is 0.111. The maximum atomic E-state index is 9.26. The molecule has 3 aromatic rings. The van der Waals surface area contributed by atoms with Crippen LogP contribution >= 0.6 is 0 Å². The summed E-state index contributed by atoms with van der Waals surface area (Å²) in [7, 11) is -0.702. The summed E-state index contributed by atoms with van der Waals surface area (Å²) in [6.45, 7) is 16.5. The molecule has 0 unspecified atom stereocenters. The molecule has 0 saturated heterocycles. The molecule has 0 amide bonds. The van der Waals surface area contributed by atoms with Crippen molar-refractivity contribution in [3.63, 3.8) is 0 Å². The Bertz CT molecular complexity index is 1110. The van der Waals surface area contributed by atoms with Crippen LogP contribution in [-0.2, 0) is 15.7 Å². The van der Waals surface area contributed by atoms with Crippen molar-refractivity contribution in [3.8, 4) is 34.5 Å². The van der Waals surface area contributed by atoms with Crippen LogP contribution in [0, 0.1) is 0 Å². The highest BCUT2D eigenvalue weighted by molar-refractivity contribution is 7.97. The third-order valence-corrected chi connectivity index (χ3v) is 7.85. The fourth-order valence-corrected chi connectivity index (χ4v) is 6.33. The van der Waals surface area contributed by atoms with Crippen LogP contribution < -0.4 is 33.5 Å². The van der Waals surface area contributed by atoms with Crippen molar-refractivity contribution in [2.75, 3.05) is 39.6 Å². The zero-order valence-corrected chi connectivity index (χ0v) is 26.6. The van der Waals surface area contributed by atoms with Crippen LogP contribution in [0.5, 0.6) is 34.5 Å². The molecule has 0 heterocycles. The number of aliphatic carboxylic acids is 1. The van der Waals surface area contributed by atoms with Gasteiger partial charge in [0.15, 0.2) is 27.9 Å². The molecule has 3 aromatic carbocycles. The van der Waals surface area contributed by atoms with Gasteiger partial charge in [-0.3, -0.25) is 0 Å². The highest BCUT2D eigenvalue weighted by Gasteiger charge is 2.42. The molecule has 230 valence electrons. The summed E-state index contributed by atoms with van der Waals surface area (Å²) in [6.07, 6.45) is 0.111. The van der Waals surface area contributed by atoms with Gasteiger partial charge in [-0.05, 0) is 60.1 Å². The quantitative estimate of drug-likeness (QED) is 0.176. The minimum Gasteiger partial charge on any atom is -0.550 e. The van der Waals surface area contributed by atoms with Crippen molar-refractivity contribution < 1.29 is 38.3 Å². The molecule has 0 spiro atoms. The number of benzene rings is 3. The van der Waals surface area contributed by atoms with Crippen LogP contribution in [-0.4, -0.2) is 45.6 Å². The zero-order valence-electron chi connectivity index (χ0n) is 25.8. The number of hydrogen-bond acceptors (Lipinski definition) is 8. The number of rotatable bonds is 16. The molecule has 8 nitrogen and oxygen atoms in total. The highest BCUT2D eigenvalue weighted by Crippen LogP contribution is 2.51. The zero-order chi connectivity index (χ0) is 30.9. The van der Waals surface area contributed by atoms with E-state index < -0.39 is 16.9 Å². The van der Waals surface area contributed by atoms with Gasteiger partial charge >= 0.3 is 0 Å². The molecule has 9 heteroatoms. The van der Waals surface area contributed by atoms with E-state index in [1.54, 1.807) is 0 Å². The van der Waals surface area contributed by atoms with E-state index in [9.17, 15) is 9.90 Å². The summed E-state index contributed by atoms with van der Waals surface area (Å²) in [5.41, 5.74) is 0. The third-order valence-electron chi connectivity index (χ3n) is 5.49. The largest absolute Gasteiger partial charge is 0.550 e. The van der Waals surface area contributed by atoms with E-state index in [1.807, 2.05) is 84.0 Å². The van der Waals surface area contributed by atoms with Gasteiger partial charge in [0, 0.05) is 30.2 Å². The summed E-state index contributed by atoms with van der Waals surface area (Å²) < 4.78 is 36.7. The maximum absolute atomic E-state index is 9.26. The predicted molar refractivity (Wildman–Crippen MR) is 164 cm³/mol. The monoisotopic (exact) mass is 600 g/mol. The van der Waals surface area contributed by atoms with E-state index in [-0.39, 0.29) is 6.42 Å². The van der Waals surface area contributed by atoms with E-state index in [4.69, 9.17) is 28.4 Å². The second-order valence-electron chi connectivity index (χ2n) is 8.44. The fourth-order valence-electron chi connectivity index (χ4n) is 3.95. The van der Waals surface area contributed by atoms with Crippen molar-refractivity contribution in [1.82, 2.24) is 0 Å². The summed E-state index contributed by atoms with van der Waals surface area (Å²) in [4.78, 5) is 12.2. The molecule has 3 rings (SSSR count). The lowest BCUT2D eigenvalue weighted by molar-refractivity contribution is -0.305. The number of carboxylic acids is 1. The van der Waals surface area contributed by atoms with Crippen molar-refractivity contribution in [3.05, 3.63) is 54.6 Å². The summed E-state index contributed by atoms with van der Waals surface area (Å²) >= 11 is 0.